The van der Waals surface area contributed by atoms with E-state index in [9.17, 15) is 0 Å². The molecule has 0 aliphatic carbocycles. The molecule has 0 aliphatic heterocycles. The molecule has 0 aliphatic rings. The van der Waals surface area contributed by atoms with Crippen molar-refractivity contribution in [3.05, 3.63) is 11.1 Å². The van der Waals surface area contributed by atoms with Crippen molar-refractivity contribution in [1.82, 2.24) is 0 Å². The molecule has 10 heavy (non-hydrogen) atoms. The van der Waals surface area contributed by atoms with Crippen molar-refractivity contribution in [2.24, 2.45) is 0 Å². The summed E-state index contributed by atoms with van der Waals surface area (Å²) in [6, 6.07) is 0. The Bertz CT molecular complexity index is 123. The summed E-state index contributed by atoms with van der Waals surface area (Å²) in [4.78, 5) is 0. The number of rotatable bonds is 3. The molecular weight excluding hydrogens is 128 g/mol. The quantitative estimate of drug-likeness (QED) is 0.582. The fraction of sp³-hybridized carbons (Fsp3) is 0.750. The molecule has 2 nitrogen and oxygen atoms in total. The molecule has 0 saturated heterocycles. The first kappa shape index (κ1) is 9.66. The highest BCUT2D eigenvalue weighted by Crippen LogP contribution is 2.08. The number of hydrogen-bond donors (Lipinski definition) is 2. The normalized spacial score (nSPS) is 12.9. The van der Waals surface area contributed by atoms with Crippen LogP contribution in [0.4, 0.5) is 0 Å². The maximum Gasteiger partial charge on any atom is 0.0807 e. The van der Waals surface area contributed by atoms with Crippen LogP contribution in [0.15, 0.2) is 11.1 Å². The molecule has 1 atom stereocenters. The number of allylic oxidation sites excluding steroid dienone is 1. The van der Waals surface area contributed by atoms with Crippen LogP contribution >= 0.6 is 0 Å². The highest BCUT2D eigenvalue weighted by Gasteiger charge is 2.02. The Morgan fingerprint density at radius 1 is 1.30 bits per heavy atom. The molecule has 60 valence electrons. The van der Waals surface area contributed by atoms with Gasteiger partial charge in [-0.1, -0.05) is 11.1 Å². The Balaban J connectivity index is 3.79. The molecule has 0 aromatic rings. The Morgan fingerprint density at radius 2 is 1.80 bits per heavy atom. The molecule has 0 heterocycles. The monoisotopic (exact) mass is 144 g/mol. The first-order valence-electron chi connectivity index (χ1n) is 3.49. The zero-order chi connectivity index (χ0) is 8.15. The summed E-state index contributed by atoms with van der Waals surface area (Å²) >= 11 is 0. The van der Waals surface area contributed by atoms with E-state index in [0.29, 0.717) is 6.42 Å². The lowest BCUT2D eigenvalue weighted by Crippen LogP contribution is -2.12. The van der Waals surface area contributed by atoms with Crippen molar-refractivity contribution < 1.29 is 10.2 Å². The van der Waals surface area contributed by atoms with E-state index in [1.807, 2.05) is 20.8 Å². The number of aliphatic hydroxyl groups is 2. The molecule has 1 unspecified atom stereocenters. The van der Waals surface area contributed by atoms with Crippen LogP contribution in [-0.2, 0) is 0 Å². The van der Waals surface area contributed by atoms with Gasteiger partial charge in [0.1, 0.15) is 0 Å². The second-order valence-corrected chi connectivity index (χ2v) is 2.82. The fourth-order valence-corrected chi connectivity index (χ4v) is 0.622. The van der Waals surface area contributed by atoms with Crippen LogP contribution in [0.3, 0.4) is 0 Å². The van der Waals surface area contributed by atoms with E-state index < -0.39 is 6.10 Å². The molecule has 0 amide bonds. The van der Waals surface area contributed by atoms with Crippen molar-refractivity contribution in [2.45, 2.75) is 33.3 Å². The van der Waals surface area contributed by atoms with Gasteiger partial charge in [-0.15, -0.1) is 0 Å². The molecule has 2 N–H and O–H groups in total. The van der Waals surface area contributed by atoms with Gasteiger partial charge in [0, 0.05) is 0 Å². The Kier molecular flexibility index (Phi) is 4.32. The van der Waals surface area contributed by atoms with Gasteiger partial charge < -0.3 is 10.2 Å². The van der Waals surface area contributed by atoms with Crippen LogP contribution in [-0.4, -0.2) is 22.9 Å². The average molecular weight is 144 g/mol. The van der Waals surface area contributed by atoms with Gasteiger partial charge in [0.25, 0.3) is 0 Å². The number of aliphatic hydroxyl groups excluding tert-OH is 2. The van der Waals surface area contributed by atoms with E-state index in [1.165, 1.54) is 5.57 Å². The lowest BCUT2D eigenvalue weighted by molar-refractivity contribution is 0.0953. The van der Waals surface area contributed by atoms with Crippen molar-refractivity contribution >= 4 is 0 Å². The van der Waals surface area contributed by atoms with E-state index in [4.69, 9.17) is 10.2 Å². The van der Waals surface area contributed by atoms with Crippen molar-refractivity contribution in [3.8, 4) is 0 Å². The van der Waals surface area contributed by atoms with Gasteiger partial charge in [-0.25, -0.2) is 0 Å². The van der Waals surface area contributed by atoms with E-state index in [-0.39, 0.29) is 6.61 Å². The third-order valence-corrected chi connectivity index (χ3v) is 1.61. The van der Waals surface area contributed by atoms with Gasteiger partial charge >= 0.3 is 0 Å². The van der Waals surface area contributed by atoms with E-state index in [1.54, 1.807) is 0 Å². The van der Waals surface area contributed by atoms with Crippen molar-refractivity contribution in [3.63, 3.8) is 0 Å². The smallest absolute Gasteiger partial charge is 0.0807 e. The second kappa shape index (κ2) is 4.47. The summed E-state index contributed by atoms with van der Waals surface area (Å²) in [5, 5.41) is 17.5. The predicted molar refractivity (Wildman–Crippen MR) is 41.8 cm³/mol. The fourth-order valence-electron chi connectivity index (χ4n) is 0.622. The van der Waals surface area contributed by atoms with Gasteiger partial charge in [0.15, 0.2) is 0 Å². The van der Waals surface area contributed by atoms with Crippen LogP contribution in [0, 0.1) is 0 Å². The molecule has 0 rings (SSSR count). The average Bonchev–Trinajstić information content (AvgIpc) is 1.87. The van der Waals surface area contributed by atoms with Crippen LogP contribution in [0.25, 0.3) is 0 Å². The number of hydrogen-bond acceptors (Lipinski definition) is 2. The second-order valence-electron chi connectivity index (χ2n) is 2.82. The van der Waals surface area contributed by atoms with Gasteiger partial charge in [-0.05, 0) is 27.2 Å². The van der Waals surface area contributed by atoms with Crippen LogP contribution in [0.5, 0.6) is 0 Å². The zero-order valence-electron chi connectivity index (χ0n) is 6.89. The molecule has 0 aromatic heterocycles. The van der Waals surface area contributed by atoms with Crippen LogP contribution < -0.4 is 0 Å². The summed E-state index contributed by atoms with van der Waals surface area (Å²) < 4.78 is 0. The van der Waals surface area contributed by atoms with Crippen LogP contribution in [0.1, 0.15) is 27.2 Å². The minimum Gasteiger partial charge on any atom is -0.394 e. The molecule has 0 aromatic carbocycles. The largest absolute Gasteiger partial charge is 0.394 e. The van der Waals surface area contributed by atoms with E-state index >= 15 is 0 Å². The molecule has 0 bridgehead atoms. The first-order valence-corrected chi connectivity index (χ1v) is 3.49. The standard InChI is InChI=1S/C8H16O2/c1-6(2)7(3)4-8(10)5-9/h8-10H,4-5H2,1-3H3. The lowest BCUT2D eigenvalue weighted by Gasteiger charge is -2.07. The summed E-state index contributed by atoms with van der Waals surface area (Å²) in [6.07, 6.45) is -0.00588. The maximum absolute atomic E-state index is 8.99. The van der Waals surface area contributed by atoms with Gasteiger partial charge in [0.05, 0.1) is 12.7 Å². The highest BCUT2D eigenvalue weighted by atomic mass is 16.3. The third-order valence-electron chi connectivity index (χ3n) is 1.61. The van der Waals surface area contributed by atoms with Crippen molar-refractivity contribution in [1.29, 1.82) is 0 Å². The molecule has 0 saturated carbocycles. The first-order chi connectivity index (χ1) is 4.57. The summed E-state index contributed by atoms with van der Waals surface area (Å²) in [5.41, 5.74) is 2.37. The van der Waals surface area contributed by atoms with Gasteiger partial charge in [-0.2, -0.15) is 0 Å². The maximum atomic E-state index is 8.99. The topological polar surface area (TPSA) is 40.5 Å². The molecule has 2 heteroatoms. The minimum absolute atomic E-state index is 0.148. The molecule has 0 spiro atoms. The van der Waals surface area contributed by atoms with Gasteiger partial charge in [-0.3, -0.25) is 0 Å². The van der Waals surface area contributed by atoms with E-state index in [2.05, 4.69) is 0 Å². The minimum atomic E-state index is -0.588. The third kappa shape index (κ3) is 3.64. The van der Waals surface area contributed by atoms with Crippen LogP contribution in [0.2, 0.25) is 0 Å². The Labute approximate surface area is 62.2 Å². The molecule has 0 radical (unpaired) electrons. The lowest BCUT2D eigenvalue weighted by atomic mass is 10.1. The molecular formula is C8H16O2. The van der Waals surface area contributed by atoms with E-state index in [0.717, 1.165) is 5.57 Å². The predicted octanol–water partition coefficient (Wildman–Crippen LogP) is 1.09. The Morgan fingerprint density at radius 3 is 2.10 bits per heavy atom. The molecule has 0 fully saturated rings. The zero-order valence-corrected chi connectivity index (χ0v) is 6.89. The SMILES string of the molecule is CC(C)=C(C)CC(O)CO. The Hall–Kier alpha value is -0.340. The van der Waals surface area contributed by atoms with Crippen molar-refractivity contribution in [2.75, 3.05) is 6.61 Å². The van der Waals surface area contributed by atoms with Gasteiger partial charge in [0.2, 0.25) is 0 Å². The summed E-state index contributed by atoms with van der Waals surface area (Å²) in [6.45, 7) is 5.82. The summed E-state index contributed by atoms with van der Waals surface area (Å²) in [7, 11) is 0. The summed E-state index contributed by atoms with van der Waals surface area (Å²) in [5.74, 6) is 0. The highest BCUT2D eigenvalue weighted by molar-refractivity contribution is 5.07.